The number of amides is 2. The van der Waals surface area contributed by atoms with Crippen molar-refractivity contribution < 1.29 is 27.5 Å². The molecule has 168 valence electrons. The lowest BCUT2D eigenvalue weighted by atomic mass is 10.2. The van der Waals surface area contributed by atoms with Crippen LogP contribution in [0.1, 0.15) is 5.56 Å². The van der Waals surface area contributed by atoms with Gasteiger partial charge in [0, 0.05) is 0 Å². The molecule has 32 heavy (non-hydrogen) atoms. The second kappa shape index (κ2) is 10.1. The number of ether oxygens (including phenoxy) is 2. The van der Waals surface area contributed by atoms with Gasteiger partial charge in [0.05, 0.1) is 24.0 Å². The second-order valence-corrected chi connectivity index (χ2v) is 9.71. The molecule has 0 unspecified atom stereocenters. The van der Waals surface area contributed by atoms with Gasteiger partial charge in [-0.3, -0.25) is 19.9 Å². The molecule has 1 aliphatic rings. The monoisotopic (exact) mass is 493 g/mol. The van der Waals surface area contributed by atoms with E-state index in [-0.39, 0.29) is 9.22 Å². The zero-order valence-corrected chi connectivity index (χ0v) is 19.5. The van der Waals surface area contributed by atoms with Crippen molar-refractivity contribution in [3.05, 3.63) is 59.0 Å². The van der Waals surface area contributed by atoms with Crippen molar-refractivity contribution in [3.63, 3.8) is 0 Å². The Labute approximate surface area is 194 Å². The highest BCUT2D eigenvalue weighted by Gasteiger charge is 2.33. The van der Waals surface area contributed by atoms with Gasteiger partial charge in [0.1, 0.15) is 10.9 Å². The van der Waals surface area contributed by atoms with Crippen molar-refractivity contribution in [2.75, 3.05) is 20.8 Å². The Bertz CT molecular complexity index is 1180. The first-order valence-electron chi connectivity index (χ1n) is 9.08. The minimum atomic E-state index is -3.94. The smallest absolute Gasteiger partial charge is 0.266 e. The third-order valence-corrected chi connectivity index (χ3v) is 6.90. The number of thioether (sulfide) groups is 1. The molecule has 0 spiro atoms. The summed E-state index contributed by atoms with van der Waals surface area (Å²) in [6.45, 7) is -0.439. The van der Waals surface area contributed by atoms with E-state index in [1.54, 1.807) is 42.5 Å². The molecule has 1 heterocycles. The van der Waals surface area contributed by atoms with Crippen LogP contribution >= 0.6 is 24.0 Å². The van der Waals surface area contributed by atoms with Crippen molar-refractivity contribution in [1.29, 1.82) is 0 Å². The van der Waals surface area contributed by atoms with Gasteiger partial charge in [0.25, 0.3) is 21.8 Å². The number of thiocarbonyl (C=S) groups is 1. The normalized spacial score (nSPS) is 15.2. The third kappa shape index (κ3) is 5.46. The average Bonchev–Trinajstić information content (AvgIpc) is 3.05. The molecule has 0 radical (unpaired) electrons. The summed E-state index contributed by atoms with van der Waals surface area (Å²) in [5.41, 5.74) is 2.78. The molecule has 0 bridgehead atoms. The molecular formula is C20H19N3O6S3. The molecule has 0 saturated carbocycles. The van der Waals surface area contributed by atoms with Crippen LogP contribution in [-0.4, -0.2) is 50.2 Å². The predicted molar refractivity (Wildman–Crippen MR) is 124 cm³/mol. The van der Waals surface area contributed by atoms with Crippen molar-refractivity contribution in [3.8, 4) is 11.5 Å². The van der Waals surface area contributed by atoms with Crippen molar-refractivity contribution in [2.24, 2.45) is 0 Å². The van der Waals surface area contributed by atoms with Gasteiger partial charge in [0.2, 0.25) is 0 Å². The van der Waals surface area contributed by atoms with Crippen LogP contribution in [-0.2, 0) is 19.6 Å². The molecule has 2 aromatic rings. The fourth-order valence-electron chi connectivity index (χ4n) is 2.70. The van der Waals surface area contributed by atoms with Crippen molar-refractivity contribution in [1.82, 2.24) is 15.2 Å². The fourth-order valence-corrected chi connectivity index (χ4v) is 4.83. The van der Waals surface area contributed by atoms with Gasteiger partial charge in [-0.15, -0.1) is 4.83 Å². The van der Waals surface area contributed by atoms with Gasteiger partial charge < -0.3 is 9.47 Å². The van der Waals surface area contributed by atoms with Crippen LogP contribution < -0.4 is 19.7 Å². The molecule has 9 nitrogen and oxygen atoms in total. The highest BCUT2D eigenvalue weighted by atomic mass is 32.2. The zero-order chi connectivity index (χ0) is 23.3. The lowest BCUT2D eigenvalue weighted by Gasteiger charge is -2.14. The van der Waals surface area contributed by atoms with Crippen molar-refractivity contribution >= 4 is 56.2 Å². The van der Waals surface area contributed by atoms with Gasteiger partial charge in [-0.2, -0.15) is 0 Å². The zero-order valence-electron chi connectivity index (χ0n) is 17.0. The summed E-state index contributed by atoms with van der Waals surface area (Å²) in [5.74, 6) is -0.155. The van der Waals surface area contributed by atoms with E-state index < -0.39 is 28.4 Å². The van der Waals surface area contributed by atoms with E-state index in [0.29, 0.717) is 22.0 Å². The van der Waals surface area contributed by atoms with Crippen LogP contribution in [0.5, 0.6) is 11.5 Å². The van der Waals surface area contributed by atoms with Crippen LogP contribution in [0.2, 0.25) is 0 Å². The summed E-state index contributed by atoms with van der Waals surface area (Å²) >= 11 is 6.26. The maximum atomic E-state index is 12.7. The van der Waals surface area contributed by atoms with Gasteiger partial charge in [-0.1, -0.05) is 48.2 Å². The number of hydrogen-bond acceptors (Lipinski definition) is 8. The Morgan fingerprint density at radius 1 is 1.12 bits per heavy atom. The number of carbonyl (C=O) groups excluding carboxylic acids is 2. The molecular weight excluding hydrogens is 474 g/mol. The number of methoxy groups -OCH3 is 2. The van der Waals surface area contributed by atoms with Gasteiger partial charge >= 0.3 is 0 Å². The minimum absolute atomic E-state index is 0.0104. The van der Waals surface area contributed by atoms with E-state index in [1.807, 2.05) is 4.83 Å². The van der Waals surface area contributed by atoms with Crippen molar-refractivity contribution in [2.45, 2.75) is 4.90 Å². The molecule has 0 atom stereocenters. The Kier molecular flexibility index (Phi) is 7.51. The van der Waals surface area contributed by atoms with E-state index in [2.05, 4.69) is 5.43 Å². The van der Waals surface area contributed by atoms with Gasteiger partial charge in [-0.05, 0) is 35.9 Å². The number of hydrazine groups is 1. The summed E-state index contributed by atoms with van der Waals surface area (Å²) < 4.78 is 35.0. The van der Waals surface area contributed by atoms with E-state index in [1.165, 1.54) is 26.4 Å². The largest absolute Gasteiger partial charge is 0.493 e. The molecule has 0 aromatic heterocycles. The van der Waals surface area contributed by atoms with Crippen LogP contribution in [0.25, 0.3) is 6.08 Å². The second-order valence-electron chi connectivity index (χ2n) is 6.35. The Balaban J connectivity index is 1.66. The molecule has 2 N–H and O–H groups in total. The maximum Gasteiger partial charge on any atom is 0.266 e. The predicted octanol–water partition coefficient (Wildman–Crippen LogP) is 1.91. The quantitative estimate of drug-likeness (QED) is 0.326. The number of hydrogen-bond donors (Lipinski definition) is 2. The first-order chi connectivity index (χ1) is 15.2. The van der Waals surface area contributed by atoms with E-state index >= 15 is 0 Å². The Hall–Kier alpha value is -2.93. The number of benzene rings is 2. The first-order valence-corrected chi connectivity index (χ1v) is 11.8. The van der Waals surface area contributed by atoms with Crippen LogP contribution in [0.15, 0.2) is 58.3 Å². The molecule has 1 fully saturated rings. The average molecular weight is 494 g/mol. The topological polar surface area (TPSA) is 114 Å². The molecule has 0 aliphatic carbocycles. The number of rotatable bonds is 8. The number of carbonyl (C=O) groups is 2. The highest BCUT2D eigenvalue weighted by Crippen LogP contribution is 2.34. The Morgan fingerprint density at radius 2 is 1.81 bits per heavy atom. The SMILES string of the molecule is COc1ccc(/C=C2\SC(=S)N(CC(=O)NNS(=O)(=O)c3ccccc3)C2=O)cc1OC. The van der Waals surface area contributed by atoms with E-state index in [0.717, 1.165) is 16.7 Å². The summed E-state index contributed by atoms with van der Waals surface area (Å²) in [6, 6.07) is 12.7. The summed E-state index contributed by atoms with van der Waals surface area (Å²) in [6.07, 6.45) is 1.62. The molecule has 1 aliphatic heterocycles. The molecule has 3 rings (SSSR count). The molecule has 1 saturated heterocycles. The van der Waals surface area contributed by atoms with E-state index in [4.69, 9.17) is 21.7 Å². The van der Waals surface area contributed by atoms with Crippen LogP contribution in [0.3, 0.4) is 0 Å². The summed E-state index contributed by atoms with van der Waals surface area (Å²) in [7, 11) is -0.910. The lowest BCUT2D eigenvalue weighted by Crippen LogP contribution is -2.47. The fraction of sp³-hybridized carbons (Fsp3) is 0.150. The van der Waals surface area contributed by atoms with E-state index in [9.17, 15) is 18.0 Å². The molecule has 2 aromatic carbocycles. The number of nitrogens with one attached hydrogen (secondary N) is 2. The summed E-state index contributed by atoms with van der Waals surface area (Å²) in [4.78, 5) is 28.4. The van der Waals surface area contributed by atoms with Gasteiger partial charge in [0.15, 0.2) is 11.5 Å². The van der Waals surface area contributed by atoms with Crippen LogP contribution in [0.4, 0.5) is 0 Å². The van der Waals surface area contributed by atoms with Gasteiger partial charge in [-0.25, -0.2) is 8.42 Å². The minimum Gasteiger partial charge on any atom is -0.493 e. The molecule has 2 amide bonds. The third-order valence-electron chi connectivity index (χ3n) is 4.26. The summed E-state index contributed by atoms with van der Waals surface area (Å²) in [5, 5.41) is 0. The van der Waals surface area contributed by atoms with Crippen LogP contribution in [0, 0.1) is 0 Å². The molecule has 12 heteroatoms. The number of nitrogens with zero attached hydrogens (tertiary/aromatic N) is 1. The first kappa shape index (κ1) is 23.7. The highest BCUT2D eigenvalue weighted by molar-refractivity contribution is 8.26. The Morgan fingerprint density at radius 3 is 2.47 bits per heavy atom. The number of sulfonamides is 1. The standard InChI is InChI=1S/C20H19N3O6S3/c1-28-15-9-8-13(10-16(15)29-2)11-17-19(25)23(20(30)31-17)12-18(24)21-22-32(26,27)14-6-4-3-5-7-14/h3-11,22H,12H2,1-2H3,(H,21,24)/b17-11-. The lowest BCUT2D eigenvalue weighted by molar-refractivity contribution is -0.128. The maximum absolute atomic E-state index is 12.7.